The van der Waals surface area contributed by atoms with Crippen LogP contribution in [0.15, 0.2) is 0 Å². The quantitative estimate of drug-likeness (QED) is 0.554. The van der Waals surface area contributed by atoms with Crippen molar-refractivity contribution in [3.8, 4) is 0 Å². The summed E-state index contributed by atoms with van der Waals surface area (Å²) in [6.45, 7) is 0.377. The van der Waals surface area contributed by atoms with Crippen LogP contribution in [0.25, 0.3) is 0 Å². The highest BCUT2D eigenvalue weighted by Gasteiger charge is 2.26. The highest BCUT2D eigenvalue weighted by atomic mass is 32.2. The third-order valence-electron chi connectivity index (χ3n) is 1.51. The molecule has 3 N–H and O–H groups in total. The Balaban J connectivity index is 2.11. The van der Waals surface area contributed by atoms with Gasteiger partial charge in [-0.25, -0.2) is 0 Å². The molecule has 0 aromatic rings. The highest BCUT2D eigenvalue weighted by Crippen LogP contribution is 2.04. The van der Waals surface area contributed by atoms with Crippen molar-refractivity contribution in [3.63, 3.8) is 0 Å². The van der Waals surface area contributed by atoms with Crippen LogP contribution in [0, 0.1) is 0 Å². The molecule has 0 radical (unpaired) electrons. The van der Waals surface area contributed by atoms with Gasteiger partial charge in [-0.3, -0.25) is 9.00 Å². The van der Waals surface area contributed by atoms with E-state index in [1.54, 1.807) is 0 Å². The van der Waals surface area contributed by atoms with Gasteiger partial charge in [0.25, 0.3) is 0 Å². The summed E-state index contributed by atoms with van der Waals surface area (Å²) >= 11 is 0. The van der Waals surface area contributed by atoms with Gasteiger partial charge in [-0.2, -0.15) is 0 Å². The molecular weight excluding hydrogens is 164 g/mol. The summed E-state index contributed by atoms with van der Waals surface area (Å²) in [4.78, 5) is 10.9. The average molecular weight is 176 g/mol. The van der Waals surface area contributed by atoms with E-state index in [0.29, 0.717) is 24.5 Å². The first kappa shape index (κ1) is 8.67. The van der Waals surface area contributed by atoms with Crippen LogP contribution in [0.3, 0.4) is 0 Å². The standard InChI is InChI=1S/C6H12N2O2S/c7-2-1-6(9)8-5-3-11(10)4-5/h5H,1-4,7H2,(H,8,9). The second kappa shape index (κ2) is 3.82. The zero-order chi connectivity index (χ0) is 8.27. The maximum Gasteiger partial charge on any atom is 0.221 e. The van der Waals surface area contributed by atoms with Gasteiger partial charge in [0.15, 0.2) is 0 Å². The molecule has 4 nitrogen and oxygen atoms in total. The number of amides is 1. The van der Waals surface area contributed by atoms with E-state index in [1.807, 2.05) is 0 Å². The molecule has 0 bridgehead atoms. The lowest BCUT2D eigenvalue weighted by molar-refractivity contribution is -0.121. The molecule has 0 aromatic heterocycles. The van der Waals surface area contributed by atoms with Crippen LogP contribution in [-0.2, 0) is 15.6 Å². The van der Waals surface area contributed by atoms with Gasteiger partial charge in [-0.15, -0.1) is 0 Å². The number of hydrogen-bond acceptors (Lipinski definition) is 3. The fourth-order valence-electron chi connectivity index (χ4n) is 0.914. The Morgan fingerprint density at radius 3 is 2.73 bits per heavy atom. The first-order chi connectivity index (χ1) is 5.22. The monoisotopic (exact) mass is 176 g/mol. The minimum absolute atomic E-state index is 0.0331. The number of nitrogens with two attached hydrogens (primary N) is 1. The normalized spacial score (nSPS) is 29.2. The molecular formula is C6H12N2O2S. The Bertz CT molecular complexity index is 175. The Labute approximate surface area is 68.0 Å². The summed E-state index contributed by atoms with van der Waals surface area (Å²) in [6.07, 6.45) is 0.364. The van der Waals surface area contributed by atoms with Crippen molar-refractivity contribution in [1.82, 2.24) is 5.32 Å². The van der Waals surface area contributed by atoms with Crippen LogP contribution in [0.4, 0.5) is 0 Å². The number of hydrogen-bond donors (Lipinski definition) is 2. The lowest BCUT2D eigenvalue weighted by Gasteiger charge is -2.25. The van der Waals surface area contributed by atoms with Crippen LogP contribution < -0.4 is 11.1 Å². The topological polar surface area (TPSA) is 72.2 Å². The van der Waals surface area contributed by atoms with Gasteiger partial charge >= 0.3 is 0 Å². The molecule has 5 heteroatoms. The van der Waals surface area contributed by atoms with Gasteiger partial charge in [0, 0.05) is 35.3 Å². The van der Waals surface area contributed by atoms with Crippen LogP contribution in [0.5, 0.6) is 0 Å². The van der Waals surface area contributed by atoms with Crippen molar-refractivity contribution in [1.29, 1.82) is 0 Å². The molecule has 1 amide bonds. The molecule has 1 rings (SSSR count). The van der Waals surface area contributed by atoms with Gasteiger partial charge in [0.2, 0.25) is 5.91 Å². The van der Waals surface area contributed by atoms with E-state index in [2.05, 4.69) is 5.32 Å². The number of carbonyl (C=O) groups excluding carboxylic acids is 1. The number of rotatable bonds is 3. The molecule has 64 valence electrons. The third-order valence-corrected chi connectivity index (χ3v) is 3.06. The summed E-state index contributed by atoms with van der Waals surface area (Å²) in [5, 5.41) is 2.74. The second-order valence-electron chi connectivity index (χ2n) is 2.58. The third kappa shape index (κ3) is 2.59. The van der Waals surface area contributed by atoms with E-state index < -0.39 is 10.8 Å². The Morgan fingerprint density at radius 1 is 1.64 bits per heavy atom. The summed E-state index contributed by atoms with van der Waals surface area (Å²) in [5.41, 5.74) is 5.17. The molecule has 1 aliphatic heterocycles. The predicted octanol–water partition coefficient (Wildman–Crippen LogP) is -1.42. The fraction of sp³-hybridized carbons (Fsp3) is 0.833. The van der Waals surface area contributed by atoms with Crippen molar-refractivity contribution < 1.29 is 9.00 Å². The van der Waals surface area contributed by atoms with Gasteiger partial charge < -0.3 is 11.1 Å². The van der Waals surface area contributed by atoms with Crippen LogP contribution in [0.1, 0.15) is 6.42 Å². The summed E-state index contributed by atoms with van der Waals surface area (Å²) in [5.74, 6) is 1.18. The summed E-state index contributed by atoms with van der Waals surface area (Å²) in [6, 6.07) is 0.134. The second-order valence-corrected chi connectivity index (χ2v) is 4.12. The first-order valence-corrected chi connectivity index (χ1v) is 5.05. The van der Waals surface area contributed by atoms with Gasteiger partial charge in [0.1, 0.15) is 0 Å². The molecule has 1 aliphatic rings. The van der Waals surface area contributed by atoms with Crippen molar-refractivity contribution in [2.24, 2.45) is 5.73 Å². The van der Waals surface area contributed by atoms with Crippen molar-refractivity contribution >= 4 is 16.7 Å². The van der Waals surface area contributed by atoms with E-state index in [4.69, 9.17) is 5.73 Å². The van der Waals surface area contributed by atoms with E-state index in [-0.39, 0.29) is 11.9 Å². The molecule has 0 spiro atoms. The molecule has 0 aliphatic carbocycles. The Kier molecular flexibility index (Phi) is 3.02. The fourth-order valence-corrected chi connectivity index (χ4v) is 1.88. The molecule has 0 saturated carbocycles. The van der Waals surface area contributed by atoms with E-state index >= 15 is 0 Å². The number of carbonyl (C=O) groups is 1. The van der Waals surface area contributed by atoms with Crippen molar-refractivity contribution in [3.05, 3.63) is 0 Å². The number of nitrogens with one attached hydrogen (secondary N) is 1. The lowest BCUT2D eigenvalue weighted by atomic mass is 10.3. The van der Waals surface area contributed by atoms with Gasteiger partial charge in [-0.1, -0.05) is 0 Å². The van der Waals surface area contributed by atoms with Crippen LogP contribution >= 0.6 is 0 Å². The lowest BCUT2D eigenvalue weighted by Crippen LogP contribution is -2.50. The molecule has 0 atom stereocenters. The molecule has 1 fully saturated rings. The summed E-state index contributed by atoms with van der Waals surface area (Å²) < 4.78 is 10.6. The Hall–Kier alpha value is -0.420. The summed E-state index contributed by atoms with van der Waals surface area (Å²) in [7, 11) is -0.688. The Morgan fingerprint density at radius 2 is 2.27 bits per heavy atom. The van der Waals surface area contributed by atoms with E-state index in [0.717, 1.165) is 0 Å². The van der Waals surface area contributed by atoms with Gasteiger partial charge in [-0.05, 0) is 0 Å². The largest absolute Gasteiger partial charge is 0.351 e. The minimum Gasteiger partial charge on any atom is -0.351 e. The average Bonchev–Trinajstić information content (AvgIpc) is 1.85. The van der Waals surface area contributed by atoms with E-state index in [9.17, 15) is 9.00 Å². The highest BCUT2D eigenvalue weighted by molar-refractivity contribution is 7.86. The molecule has 1 heterocycles. The SMILES string of the molecule is NCCC(=O)NC1CS(=O)C1. The van der Waals surface area contributed by atoms with Crippen molar-refractivity contribution in [2.45, 2.75) is 12.5 Å². The van der Waals surface area contributed by atoms with Gasteiger partial charge in [0.05, 0.1) is 6.04 Å². The predicted molar refractivity (Wildman–Crippen MR) is 43.5 cm³/mol. The molecule has 1 saturated heterocycles. The van der Waals surface area contributed by atoms with Crippen LogP contribution in [-0.4, -0.2) is 34.2 Å². The first-order valence-electron chi connectivity index (χ1n) is 3.57. The zero-order valence-electron chi connectivity index (χ0n) is 6.21. The molecule has 0 unspecified atom stereocenters. The molecule has 0 aromatic carbocycles. The minimum atomic E-state index is -0.688. The molecule has 11 heavy (non-hydrogen) atoms. The smallest absolute Gasteiger partial charge is 0.221 e. The van der Waals surface area contributed by atoms with Crippen molar-refractivity contribution in [2.75, 3.05) is 18.1 Å². The maximum atomic E-state index is 10.9. The van der Waals surface area contributed by atoms with E-state index in [1.165, 1.54) is 0 Å². The zero-order valence-corrected chi connectivity index (χ0v) is 7.02. The van der Waals surface area contributed by atoms with Crippen LogP contribution in [0.2, 0.25) is 0 Å². The maximum absolute atomic E-state index is 10.9.